The highest BCUT2D eigenvalue weighted by molar-refractivity contribution is 6.11. The van der Waals surface area contributed by atoms with Crippen LogP contribution < -0.4 is 20.4 Å². The van der Waals surface area contributed by atoms with Crippen LogP contribution in [0.5, 0.6) is 0 Å². The molecule has 3 aliphatic rings. The van der Waals surface area contributed by atoms with Gasteiger partial charge < -0.3 is 15.1 Å². The van der Waals surface area contributed by atoms with Gasteiger partial charge in [-0.3, -0.25) is 29.5 Å². The maximum absolute atomic E-state index is 13.1. The minimum Gasteiger partial charge on any atom is -0.371 e. The minimum atomic E-state index is -4.65. The van der Waals surface area contributed by atoms with E-state index in [9.17, 15) is 27.6 Å². The van der Waals surface area contributed by atoms with Gasteiger partial charge in [0, 0.05) is 72.9 Å². The van der Waals surface area contributed by atoms with Crippen molar-refractivity contribution in [2.75, 3.05) is 48.3 Å². The zero-order valence-corrected chi connectivity index (χ0v) is 30.3. The largest absolute Gasteiger partial charge is 0.433 e. The number of carbonyl (C=O) groups excluding carboxylic acids is 3. The van der Waals surface area contributed by atoms with Crippen LogP contribution in [0.25, 0.3) is 21.7 Å². The van der Waals surface area contributed by atoms with Gasteiger partial charge in [-0.1, -0.05) is 18.2 Å². The van der Waals surface area contributed by atoms with Gasteiger partial charge in [0.15, 0.2) is 0 Å². The molecule has 0 spiro atoms. The first-order chi connectivity index (χ1) is 26.5. The number of hydrogen-bond acceptors (Lipinski definition) is 9. The first-order valence-electron chi connectivity index (χ1n) is 18.6. The van der Waals surface area contributed by atoms with E-state index in [-0.39, 0.29) is 29.9 Å². The molecule has 8 rings (SSSR count). The lowest BCUT2D eigenvalue weighted by atomic mass is 9.85. The number of halogens is 3. The van der Waals surface area contributed by atoms with Gasteiger partial charge in [-0.05, 0) is 75.8 Å². The van der Waals surface area contributed by atoms with Crippen LogP contribution in [-0.4, -0.2) is 86.7 Å². The first kappa shape index (κ1) is 36.3. The van der Waals surface area contributed by atoms with Gasteiger partial charge in [-0.25, -0.2) is 14.8 Å². The Morgan fingerprint density at radius 3 is 2.49 bits per heavy atom. The lowest BCUT2D eigenvalue weighted by Gasteiger charge is -2.40. The lowest BCUT2D eigenvalue weighted by Crippen LogP contribution is -2.49. The molecule has 55 heavy (non-hydrogen) atoms. The van der Waals surface area contributed by atoms with Gasteiger partial charge in [0.05, 0.1) is 24.1 Å². The Morgan fingerprint density at radius 2 is 1.73 bits per heavy atom. The Kier molecular flexibility index (Phi) is 9.84. The number of fused-ring (bicyclic) bond motifs is 2. The predicted octanol–water partition coefficient (Wildman–Crippen LogP) is 6.42. The summed E-state index contributed by atoms with van der Waals surface area (Å²) in [4.78, 5) is 55.7. The van der Waals surface area contributed by atoms with E-state index in [0.717, 1.165) is 92.1 Å². The van der Waals surface area contributed by atoms with Gasteiger partial charge in [0.2, 0.25) is 5.91 Å². The summed E-state index contributed by atoms with van der Waals surface area (Å²) in [6.07, 6.45) is 8.91. The average Bonchev–Trinajstić information content (AvgIpc) is 3.61. The third kappa shape index (κ3) is 7.68. The molecule has 1 saturated carbocycles. The number of piperidine rings is 1. The number of alkyl halides is 3. The summed E-state index contributed by atoms with van der Waals surface area (Å²) >= 11 is 0. The number of imide groups is 1. The highest BCUT2D eigenvalue weighted by Crippen LogP contribution is 2.37. The molecule has 6 heterocycles. The number of aromatic nitrogens is 5. The quantitative estimate of drug-likeness (QED) is 0.184. The predicted molar refractivity (Wildman–Crippen MR) is 201 cm³/mol. The SMILES string of the molecule is CN(CC1CCC(n2cc3cc(NC(=O)c4cccc(C(F)(F)F)n4)ncc3n2)CC1)C1CCN(c2cccc3c(N4CCC(=O)NC4=O)cncc23)CC1. The molecular formula is C39H41F3N10O3. The van der Waals surface area contributed by atoms with Gasteiger partial charge in [0.25, 0.3) is 5.91 Å². The fraction of sp³-hybridized carbons (Fsp3) is 0.410. The normalized spacial score (nSPS) is 20.0. The van der Waals surface area contributed by atoms with Gasteiger partial charge in [-0.15, -0.1) is 0 Å². The number of pyridine rings is 3. The van der Waals surface area contributed by atoms with E-state index in [0.29, 0.717) is 29.7 Å². The fourth-order valence-corrected chi connectivity index (χ4v) is 8.25. The van der Waals surface area contributed by atoms with Crippen molar-refractivity contribution < 1.29 is 27.6 Å². The van der Waals surface area contributed by atoms with Crippen molar-refractivity contribution in [3.8, 4) is 0 Å². The number of hydrogen-bond donors (Lipinski definition) is 2. The van der Waals surface area contributed by atoms with Crippen LogP contribution in [-0.2, 0) is 11.0 Å². The fourth-order valence-electron chi connectivity index (χ4n) is 8.25. The van der Waals surface area contributed by atoms with Crippen molar-refractivity contribution >= 4 is 56.7 Å². The Bertz CT molecular complexity index is 2250. The molecule has 286 valence electrons. The van der Waals surface area contributed by atoms with E-state index in [2.05, 4.69) is 48.5 Å². The van der Waals surface area contributed by atoms with Crippen molar-refractivity contribution in [3.63, 3.8) is 0 Å². The van der Waals surface area contributed by atoms with Crippen LogP contribution in [0, 0.1) is 5.92 Å². The molecule has 0 atom stereocenters. The second kappa shape index (κ2) is 14.9. The zero-order chi connectivity index (χ0) is 38.3. The highest BCUT2D eigenvalue weighted by atomic mass is 19.4. The molecule has 5 aromatic rings. The van der Waals surface area contributed by atoms with Crippen LogP contribution in [0.3, 0.4) is 0 Å². The molecule has 16 heteroatoms. The molecule has 2 saturated heterocycles. The Hall–Kier alpha value is -5.64. The second-order valence-corrected chi connectivity index (χ2v) is 14.7. The van der Waals surface area contributed by atoms with E-state index < -0.39 is 23.8 Å². The Balaban J connectivity index is 0.835. The molecule has 13 nitrogen and oxygen atoms in total. The molecule has 2 N–H and O–H groups in total. The third-order valence-electron chi connectivity index (χ3n) is 11.2. The molecule has 0 radical (unpaired) electrons. The van der Waals surface area contributed by atoms with Crippen LogP contribution >= 0.6 is 0 Å². The van der Waals surface area contributed by atoms with E-state index in [1.54, 1.807) is 23.4 Å². The number of anilines is 3. The number of urea groups is 1. The maximum atomic E-state index is 13.1. The summed E-state index contributed by atoms with van der Waals surface area (Å²) in [6.45, 7) is 3.19. The number of amides is 4. The number of rotatable bonds is 8. The molecule has 0 bridgehead atoms. The van der Waals surface area contributed by atoms with E-state index in [1.165, 1.54) is 6.07 Å². The van der Waals surface area contributed by atoms with Crippen LogP contribution in [0.1, 0.15) is 67.2 Å². The Labute approximate surface area is 314 Å². The minimum absolute atomic E-state index is 0.208. The van der Waals surface area contributed by atoms with Gasteiger partial charge in [-0.2, -0.15) is 18.3 Å². The summed E-state index contributed by atoms with van der Waals surface area (Å²) in [5.74, 6) is -0.245. The molecular weight excluding hydrogens is 713 g/mol. The maximum Gasteiger partial charge on any atom is 0.433 e. The van der Waals surface area contributed by atoms with E-state index in [1.807, 2.05) is 29.2 Å². The van der Waals surface area contributed by atoms with Crippen molar-refractivity contribution in [1.82, 2.24) is 34.9 Å². The van der Waals surface area contributed by atoms with Crippen LogP contribution in [0.2, 0.25) is 0 Å². The smallest absolute Gasteiger partial charge is 0.371 e. The molecule has 1 aliphatic carbocycles. The standard InChI is InChI=1S/C39H41F3N10O3/c1-49(26-12-15-50(16-13-26)32-6-2-4-28-29(32)19-43-21-33(28)51-17-14-36(53)47-38(51)55)22-24-8-10-27(11-9-24)52-23-25-18-35(44-20-31(25)48-52)46-37(54)30-5-3-7-34(45-30)39(40,41)42/h2-7,18-21,23-24,26-27H,8-17,22H2,1H3,(H,46,54)(H,47,53,55). The van der Waals surface area contributed by atoms with E-state index >= 15 is 0 Å². The summed E-state index contributed by atoms with van der Waals surface area (Å²) in [5, 5.41) is 12.4. The number of nitrogens with zero attached hydrogens (tertiary/aromatic N) is 8. The van der Waals surface area contributed by atoms with Crippen molar-refractivity contribution in [2.24, 2.45) is 5.92 Å². The monoisotopic (exact) mass is 754 g/mol. The van der Waals surface area contributed by atoms with Crippen molar-refractivity contribution in [3.05, 3.63) is 78.6 Å². The number of nitrogens with one attached hydrogen (secondary N) is 2. The summed E-state index contributed by atoms with van der Waals surface area (Å²) in [5.41, 5.74) is 1.01. The molecule has 4 aromatic heterocycles. The van der Waals surface area contributed by atoms with Gasteiger partial charge >= 0.3 is 12.2 Å². The summed E-state index contributed by atoms with van der Waals surface area (Å²) in [7, 11) is 2.24. The molecule has 2 aliphatic heterocycles. The third-order valence-corrected chi connectivity index (χ3v) is 11.2. The van der Waals surface area contributed by atoms with E-state index in [4.69, 9.17) is 5.10 Å². The van der Waals surface area contributed by atoms with Crippen molar-refractivity contribution in [1.29, 1.82) is 0 Å². The van der Waals surface area contributed by atoms with Crippen LogP contribution in [0.4, 0.5) is 35.2 Å². The molecule has 3 fully saturated rings. The number of carbonyl (C=O) groups is 3. The number of benzene rings is 1. The molecule has 1 aromatic carbocycles. The summed E-state index contributed by atoms with van der Waals surface area (Å²) in [6, 6.07) is 11.3. The first-order valence-corrected chi connectivity index (χ1v) is 18.6. The Morgan fingerprint density at radius 1 is 0.945 bits per heavy atom. The lowest BCUT2D eigenvalue weighted by molar-refractivity contribution is -0.141. The summed E-state index contributed by atoms with van der Waals surface area (Å²) < 4.78 is 41.2. The second-order valence-electron chi connectivity index (χ2n) is 14.7. The van der Waals surface area contributed by atoms with Crippen LogP contribution in [0.15, 0.2) is 67.3 Å². The molecule has 4 amide bonds. The average molecular weight is 755 g/mol. The van der Waals surface area contributed by atoms with Gasteiger partial charge in [0.1, 0.15) is 22.7 Å². The molecule has 0 unspecified atom stereocenters. The zero-order valence-electron chi connectivity index (χ0n) is 30.3. The highest BCUT2D eigenvalue weighted by Gasteiger charge is 2.33. The van der Waals surface area contributed by atoms with Crippen molar-refractivity contribution in [2.45, 2.75) is 63.2 Å². The topological polar surface area (TPSA) is 141 Å².